The molecule has 1 aromatic heterocycles. The molecule has 0 saturated heterocycles. The van der Waals surface area contributed by atoms with Gasteiger partial charge in [-0.05, 0) is 42.0 Å². The number of H-pyrrole nitrogens is 1. The second kappa shape index (κ2) is 8.51. The Balaban J connectivity index is 1.31. The monoisotopic (exact) mass is 394 g/mol. The number of nitrogens with zero attached hydrogens (tertiary/aromatic N) is 3. The SMILES string of the molecule is CN=C(NCc1ccc2c(c1)OCO2)NCc1nc(-c2ccc(OC)cc2)n[nH]1. The number of aliphatic imine (C=N–C) groups is 1. The van der Waals surface area contributed by atoms with Crippen LogP contribution in [0.15, 0.2) is 47.5 Å². The van der Waals surface area contributed by atoms with Crippen LogP contribution in [0.3, 0.4) is 0 Å². The lowest BCUT2D eigenvalue weighted by atomic mass is 10.2. The van der Waals surface area contributed by atoms with Crippen LogP contribution < -0.4 is 24.8 Å². The van der Waals surface area contributed by atoms with Crippen molar-refractivity contribution in [2.24, 2.45) is 4.99 Å². The van der Waals surface area contributed by atoms with Gasteiger partial charge in [0.15, 0.2) is 23.3 Å². The zero-order valence-electron chi connectivity index (χ0n) is 16.2. The largest absolute Gasteiger partial charge is 0.497 e. The van der Waals surface area contributed by atoms with Crippen molar-refractivity contribution in [1.82, 2.24) is 25.8 Å². The highest BCUT2D eigenvalue weighted by atomic mass is 16.7. The van der Waals surface area contributed by atoms with Crippen LogP contribution >= 0.6 is 0 Å². The summed E-state index contributed by atoms with van der Waals surface area (Å²) in [5.41, 5.74) is 1.98. The predicted octanol–water partition coefficient (Wildman–Crippen LogP) is 2.07. The number of guanidine groups is 1. The van der Waals surface area contributed by atoms with Crippen molar-refractivity contribution in [3.8, 4) is 28.6 Å². The minimum atomic E-state index is 0.269. The number of methoxy groups -OCH3 is 1. The molecule has 150 valence electrons. The van der Waals surface area contributed by atoms with E-state index in [1.54, 1.807) is 14.2 Å². The van der Waals surface area contributed by atoms with Crippen molar-refractivity contribution < 1.29 is 14.2 Å². The number of aromatic amines is 1. The van der Waals surface area contributed by atoms with E-state index < -0.39 is 0 Å². The highest BCUT2D eigenvalue weighted by Crippen LogP contribution is 2.32. The minimum Gasteiger partial charge on any atom is -0.497 e. The number of aromatic nitrogens is 3. The number of fused-ring (bicyclic) bond motifs is 1. The molecule has 0 unspecified atom stereocenters. The lowest BCUT2D eigenvalue weighted by Gasteiger charge is -2.11. The van der Waals surface area contributed by atoms with E-state index in [2.05, 4.69) is 30.8 Å². The Morgan fingerprint density at radius 3 is 2.69 bits per heavy atom. The van der Waals surface area contributed by atoms with Gasteiger partial charge in [-0.1, -0.05) is 6.07 Å². The average Bonchev–Trinajstić information content (AvgIpc) is 3.43. The van der Waals surface area contributed by atoms with Crippen LogP contribution in [-0.2, 0) is 13.1 Å². The molecular formula is C20H22N6O3. The van der Waals surface area contributed by atoms with Crippen LogP contribution in [0.2, 0.25) is 0 Å². The van der Waals surface area contributed by atoms with Gasteiger partial charge in [0.05, 0.1) is 13.7 Å². The number of hydrogen-bond acceptors (Lipinski definition) is 6. The summed E-state index contributed by atoms with van der Waals surface area (Å²) in [5.74, 6) is 4.33. The van der Waals surface area contributed by atoms with Crippen LogP contribution in [0, 0.1) is 0 Å². The van der Waals surface area contributed by atoms with Crippen LogP contribution in [0.5, 0.6) is 17.2 Å². The molecule has 0 radical (unpaired) electrons. The summed E-state index contributed by atoms with van der Waals surface area (Å²) in [6.07, 6.45) is 0. The molecule has 2 aromatic carbocycles. The Labute approximate surface area is 168 Å². The maximum absolute atomic E-state index is 5.41. The van der Waals surface area contributed by atoms with Crippen molar-refractivity contribution in [1.29, 1.82) is 0 Å². The van der Waals surface area contributed by atoms with E-state index in [0.717, 1.165) is 28.4 Å². The lowest BCUT2D eigenvalue weighted by Crippen LogP contribution is -2.36. The molecule has 0 aliphatic carbocycles. The van der Waals surface area contributed by atoms with Gasteiger partial charge in [-0.15, -0.1) is 0 Å². The van der Waals surface area contributed by atoms with Crippen molar-refractivity contribution >= 4 is 5.96 Å². The normalized spacial score (nSPS) is 12.7. The highest BCUT2D eigenvalue weighted by molar-refractivity contribution is 5.79. The first-order valence-electron chi connectivity index (χ1n) is 9.14. The first-order valence-corrected chi connectivity index (χ1v) is 9.14. The Kier molecular flexibility index (Phi) is 5.46. The zero-order chi connectivity index (χ0) is 20.1. The van der Waals surface area contributed by atoms with Gasteiger partial charge in [0.2, 0.25) is 6.79 Å². The van der Waals surface area contributed by atoms with Crippen LogP contribution in [0.4, 0.5) is 0 Å². The Morgan fingerprint density at radius 2 is 1.90 bits per heavy atom. The van der Waals surface area contributed by atoms with Gasteiger partial charge in [-0.3, -0.25) is 10.1 Å². The fraction of sp³-hybridized carbons (Fsp3) is 0.250. The van der Waals surface area contributed by atoms with E-state index in [-0.39, 0.29) is 6.79 Å². The van der Waals surface area contributed by atoms with Gasteiger partial charge in [0.1, 0.15) is 11.6 Å². The van der Waals surface area contributed by atoms with Crippen molar-refractivity contribution in [3.05, 3.63) is 53.9 Å². The average molecular weight is 394 g/mol. The summed E-state index contributed by atoms with van der Waals surface area (Å²) < 4.78 is 15.9. The number of rotatable bonds is 6. The molecule has 3 aromatic rings. The quantitative estimate of drug-likeness (QED) is 0.434. The molecule has 0 atom stereocenters. The van der Waals surface area contributed by atoms with Crippen LogP contribution in [-0.4, -0.2) is 42.1 Å². The minimum absolute atomic E-state index is 0.269. The second-order valence-electron chi connectivity index (χ2n) is 6.30. The molecule has 0 spiro atoms. The molecule has 29 heavy (non-hydrogen) atoms. The van der Waals surface area contributed by atoms with Crippen LogP contribution in [0.25, 0.3) is 11.4 Å². The maximum atomic E-state index is 5.41. The van der Waals surface area contributed by atoms with E-state index in [1.165, 1.54) is 0 Å². The molecule has 3 N–H and O–H groups in total. The lowest BCUT2D eigenvalue weighted by molar-refractivity contribution is 0.174. The summed E-state index contributed by atoms with van der Waals surface area (Å²) in [4.78, 5) is 8.75. The van der Waals surface area contributed by atoms with E-state index >= 15 is 0 Å². The topological polar surface area (TPSA) is 106 Å². The fourth-order valence-electron chi connectivity index (χ4n) is 2.87. The summed E-state index contributed by atoms with van der Waals surface area (Å²) in [7, 11) is 3.36. The summed E-state index contributed by atoms with van der Waals surface area (Å²) in [5, 5.41) is 13.7. The molecule has 1 aliphatic rings. The van der Waals surface area contributed by atoms with Crippen molar-refractivity contribution in [2.75, 3.05) is 21.0 Å². The zero-order valence-corrected chi connectivity index (χ0v) is 16.2. The molecule has 9 heteroatoms. The molecule has 0 amide bonds. The Bertz CT molecular complexity index is 1000. The first-order chi connectivity index (χ1) is 14.2. The molecule has 0 saturated carbocycles. The van der Waals surface area contributed by atoms with E-state index in [0.29, 0.717) is 30.7 Å². The van der Waals surface area contributed by atoms with Gasteiger partial charge in [0, 0.05) is 19.2 Å². The van der Waals surface area contributed by atoms with Crippen molar-refractivity contribution in [3.63, 3.8) is 0 Å². The smallest absolute Gasteiger partial charge is 0.231 e. The van der Waals surface area contributed by atoms with E-state index in [4.69, 9.17) is 14.2 Å². The summed E-state index contributed by atoms with van der Waals surface area (Å²) >= 11 is 0. The fourth-order valence-corrected chi connectivity index (χ4v) is 2.87. The Morgan fingerprint density at radius 1 is 1.10 bits per heavy atom. The molecular weight excluding hydrogens is 372 g/mol. The van der Waals surface area contributed by atoms with Crippen LogP contribution in [0.1, 0.15) is 11.4 Å². The van der Waals surface area contributed by atoms with E-state index in [9.17, 15) is 0 Å². The molecule has 4 rings (SSSR count). The van der Waals surface area contributed by atoms with Crippen molar-refractivity contribution in [2.45, 2.75) is 13.1 Å². The number of hydrogen-bond donors (Lipinski definition) is 3. The molecule has 9 nitrogen and oxygen atoms in total. The molecule has 2 heterocycles. The maximum Gasteiger partial charge on any atom is 0.231 e. The van der Waals surface area contributed by atoms with Gasteiger partial charge in [-0.2, -0.15) is 5.10 Å². The number of nitrogens with one attached hydrogen (secondary N) is 3. The van der Waals surface area contributed by atoms with Gasteiger partial charge in [-0.25, -0.2) is 4.98 Å². The number of benzene rings is 2. The summed E-state index contributed by atoms with van der Waals surface area (Å²) in [6, 6.07) is 13.5. The predicted molar refractivity (Wildman–Crippen MR) is 108 cm³/mol. The summed E-state index contributed by atoms with van der Waals surface area (Å²) in [6.45, 7) is 1.33. The third-order valence-electron chi connectivity index (χ3n) is 4.42. The molecule has 1 aliphatic heterocycles. The van der Waals surface area contributed by atoms with E-state index in [1.807, 2.05) is 42.5 Å². The second-order valence-corrected chi connectivity index (χ2v) is 6.30. The van der Waals surface area contributed by atoms with Gasteiger partial charge < -0.3 is 24.8 Å². The van der Waals surface area contributed by atoms with Gasteiger partial charge >= 0.3 is 0 Å². The standard InChI is InChI=1S/C20H22N6O3/c1-21-20(22-10-13-3-8-16-17(9-13)29-12-28-16)23-11-18-24-19(26-25-18)14-4-6-15(27-2)7-5-14/h3-9H,10-12H2,1-2H3,(H2,21,22,23)(H,24,25,26). The third-order valence-corrected chi connectivity index (χ3v) is 4.42. The first kappa shape index (κ1) is 18.6. The molecule has 0 bridgehead atoms. The Hall–Kier alpha value is -3.75. The van der Waals surface area contributed by atoms with Gasteiger partial charge in [0.25, 0.3) is 0 Å². The third kappa shape index (κ3) is 4.40. The highest BCUT2D eigenvalue weighted by Gasteiger charge is 2.13. The molecule has 0 fully saturated rings. The number of ether oxygens (including phenoxy) is 3.